The maximum atomic E-state index is 12.8. The van der Waals surface area contributed by atoms with Crippen molar-refractivity contribution in [1.82, 2.24) is 4.90 Å². The number of carbonyl (C=O) groups is 3. The van der Waals surface area contributed by atoms with Crippen LogP contribution in [0.3, 0.4) is 0 Å². The maximum Gasteiger partial charge on any atom is 0.293 e. The number of nitrogens with two attached hydrogens (primary N) is 1. The molecule has 1 fully saturated rings. The van der Waals surface area contributed by atoms with Crippen LogP contribution < -0.4 is 24.7 Å². The van der Waals surface area contributed by atoms with Crippen LogP contribution in [0.15, 0.2) is 47.4 Å². The molecule has 1 heterocycles. The fourth-order valence-electron chi connectivity index (χ4n) is 2.98. The monoisotopic (exact) mass is 472 g/mol. The third-order valence-corrected chi connectivity index (χ3v) is 5.36. The first-order chi connectivity index (χ1) is 15.9. The minimum atomic E-state index is -0.607. The number of hydrogen-bond acceptors (Lipinski definition) is 8. The van der Waals surface area contributed by atoms with Crippen molar-refractivity contribution in [1.29, 1.82) is 0 Å². The number of carbonyl (C=O) groups excluding carboxylic acids is 3. The lowest BCUT2D eigenvalue weighted by Crippen LogP contribution is -2.32. The van der Waals surface area contributed by atoms with Crippen LogP contribution >= 0.6 is 11.8 Å². The highest BCUT2D eigenvalue weighted by Crippen LogP contribution is 2.35. The number of nitrogens with zero attached hydrogens (tertiary/aromatic N) is 1. The summed E-state index contributed by atoms with van der Waals surface area (Å²) in [5, 5.41) is -0.374. The van der Waals surface area contributed by atoms with E-state index in [9.17, 15) is 14.4 Å². The second kappa shape index (κ2) is 11.3. The number of benzene rings is 2. The summed E-state index contributed by atoms with van der Waals surface area (Å²) in [4.78, 5) is 37.6. The van der Waals surface area contributed by atoms with Gasteiger partial charge in [0.15, 0.2) is 29.6 Å². The Morgan fingerprint density at radius 3 is 2.45 bits per heavy atom. The van der Waals surface area contributed by atoms with Gasteiger partial charge in [0.25, 0.3) is 17.1 Å². The Bertz CT molecular complexity index is 1070. The lowest BCUT2D eigenvalue weighted by molar-refractivity contribution is -0.123. The molecule has 3 rings (SSSR count). The highest BCUT2D eigenvalue weighted by Gasteiger charge is 2.34. The van der Waals surface area contributed by atoms with Gasteiger partial charge in [-0.05, 0) is 54.6 Å². The Morgan fingerprint density at radius 1 is 1.03 bits per heavy atom. The summed E-state index contributed by atoms with van der Waals surface area (Å²) in [5.74, 6) is 0.848. The lowest BCUT2D eigenvalue weighted by atomic mass is 10.2. The Morgan fingerprint density at radius 2 is 1.76 bits per heavy atom. The topological polar surface area (TPSA) is 117 Å². The van der Waals surface area contributed by atoms with Crippen molar-refractivity contribution in [3.8, 4) is 23.0 Å². The van der Waals surface area contributed by atoms with Gasteiger partial charge in [-0.15, -0.1) is 0 Å². The quantitative estimate of drug-likeness (QED) is 0.496. The van der Waals surface area contributed by atoms with Crippen molar-refractivity contribution in [3.63, 3.8) is 0 Å². The van der Waals surface area contributed by atoms with Gasteiger partial charge in [-0.1, -0.05) is 18.2 Å². The first-order valence-corrected chi connectivity index (χ1v) is 10.9. The zero-order valence-electron chi connectivity index (χ0n) is 18.2. The van der Waals surface area contributed by atoms with Gasteiger partial charge < -0.3 is 24.7 Å². The van der Waals surface area contributed by atoms with Gasteiger partial charge in [-0.2, -0.15) is 0 Å². The van der Waals surface area contributed by atoms with Crippen molar-refractivity contribution >= 4 is 34.9 Å². The number of imide groups is 1. The van der Waals surface area contributed by atoms with E-state index in [2.05, 4.69) is 0 Å². The molecule has 1 saturated heterocycles. The Balaban J connectivity index is 1.68. The number of methoxy groups -OCH3 is 1. The smallest absolute Gasteiger partial charge is 0.293 e. The molecule has 0 spiro atoms. The normalized spacial score (nSPS) is 14.5. The van der Waals surface area contributed by atoms with Crippen LogP contribution in [0.2, 0.25) is 0 Å². The summed E-state index contributed by atoms with van der Waals surface area (Å²) < 4.78 is 21.8. The van der Waals surface area contributed by atoms with E-state index in [-0.39, 0.29) is 29.9 Å². The predicted molar refractivity (Wildman–Crippen MR) is 123 cm³/mol. The van der Waals surface area contributed by atoms with Crippen LogP contribution in [0.1, 0.15) is 12.5 Å². The van der Waals surface area contributed by atoms with E-state index in [1.165, 1.54) is 7.11 Å². The number of thioether (sulfide) groups is 1. The molecule has 174 valence electrons. The van der Waals surface area contributed by atoms with Crippen molar-refractivity contribution in [2.75, 3.05) is 33.5 Å². The minimum Gasteiger partial charge on any atom is -0.493 e. The summed E-state index contributed by atoms with van der Waals surface area (Å²) in [6.07, 6.45) is 1.60. The molecule has 0 atom stereocenters. The van der Waals surface area contributed by atoms with E-state index < -0.39 is 11.8 Å². The van der Waals surface area contributed by atoms with E-state index in [1.54, 1.807) is 42.5 Å². The molecule has 2 aromatic carbocycles. The predicted octanol–water partition coefficient (Wildman–Crippen LogP) is 3.07. The Hall–Kier alpha value is -3.66. The van der Waals surface area contributed by atoms with Crippen molar-refractivity contribution < 1.29 is 33.3 Å². The first kappa shape index (κ1) is 24.0. The van der Waals surface area contributed by atoms with Gasteiger partial charge in [-0.25, -0.2) is 0 Å². The number of primary amides is 1. The second-order valence-corrected chi connectivity index (χ2v) is 7.72. The van der Waals surface area contributed by atoms with E-state index in [1.807, 2.05) is 13.0 Å². The molecule has 9 nitrogen and oxygen atoms in total. The summed E-state index contributed by atoms with van der Waals surface area (Å²) in [7, 11) is 1.54. The van der Waals surface area contributed by atoms with Crippen LogP contribution in [0.5, 0.6) is 23.0 Å². The zero-order valence-corrected chi connectivity index (χ0v) is 19.1. The van der Waals surface area contributed by atoms with Gasteiger partial charge in [0.1, 0.15) is 6.61 Å². The molecule has 3 amide bonds. The molecule has 0 aromatic heterocycles. The maximum absolute atomic E-state index is 12.8. The number of amides is 3. The molecule has 2 aromatic rings. The number of rotatable bonds is 11. The summed E-state index contributed by atoms with van der Waals surface area (Å²) >= 11 is 0.853. The minimum absolute atomic E-state index is 0.101. The summed E-state index contributed by atoms with van der Waals surface area (Å²) in [5.41, 5.74) is 5.76. The summed E-state index contributed by atoms with van der Waals surface area (Å²) in [6, 6.07) is 12.1. The zero-order chi connectivity index (χ0) is 23.8. The molecule has 0 aliphatic carbocycles. The Labute approximate surface area is 195 Å². The largest absolute Gasteiger partial charge is 0.493 e. The fraction of sp³-hybridized carbons (Fsp3) is 0.261. The molecule has 0 bridgehead atoms. The van der Waals surface area contributed by atoms with E-state index in [4.69, 9.17) is 24.7 Å². The molecule has 10 heteroatoms. The molecule has 2 N–H and O–H groups in total. The number of para-hydroxylation sites is 2. The van der Waals surface area contributed by atoms with Gasteiger partial charge >= 0.3 is 0 Å². The average molecular weight is 473 g/mol. The van der Waals surface area contributed by atoms with E-state index in [0.29, 0.717) is 35.2 Å². The molecular formula is C23H24N2O7S. The van der Waals surface area contributed by atoms with E-state index in [0.717, 1.165) is 16.7 Å². The van der Waals surface area contributed by atoms with Gasteiger partial charge in [0.05, 0.1) is 25.2 Å². The first-order valence-electron chi connectivity index (χ1n) is 10.1. The standard InChI is InChI=1S/C23H24N2O7S/c1-3-30-19-12-15(8-9-18(19)32-14-21(24)26)13-20-22(27)25(23(28)33-20)10-11-31-17-7-5-4-6-16(17)29-2/h4-9,12-13H,3,10-11,14H2,1-2H3,(H2,24,26)/b20-13-. The molecule has 0 radical (unpaired) electrons. The molecular weight excluding hydrogens is 448 g/mol. The molecule has 1 aliphatic rings. The lowest BCUT2D eigenvalue weighted by Gasteiger charge is -2.14. The van der Waals surface area contributed by atoms with Gasteiger partial charge in [0.2, 0.25) is 0 Å². The van der Waals surface area contributed by atoms with Crippen LogP contribution in [0, 0.1) is 0 Å². The van der Waals surface area contributed by atoms with Crippen LogP contribution in [0.25, 0.3) is 6.08 Å². The third-order valence-electron chi connectivity index (χ3n) is 4.45. The SMILES string of the molecule is CCOc1cc(/C=C2\SC(=O)N(CCOc3ccccc3OC)C2=O)ccc1OCC(N)=O. The van der Waals surface area contributed by atoms with E-state index >= 15 is 0 Å². The second-order valence-electron chi connectivity index (χ2n) is 6.73. The molecule has 0 saturated carbocycles. The highest BCUT2D eigenvalue weighted by molar-refractivity contribution is 8.18. The van der Waals surface area contributed by atoms with Crippen molar-refractivity contribution in [2.24, 2.45) is 5.73 Å². The van der Waals surface area contributed by atoms with Gasteiger partial charge in [0, 0.05) is 0 Å². The summed E-state index contributed by atoms with van der Waals surface area (Å²) in [6.45, 7) is 2.13. The Kier molecular flexibility index (Phi) is 8.20. The molecule has 1 aliphatic heterocycles. The number of hydrogen-bond donors (Lipinski definition) is 1. The fourth-order valence-corrected chi connectivity index (χ4v) is 3.84. The van der Waals surface area contributed by atoms with Crippen molar-refractivity contribution in [2.45, 2.75) is 6.92 Å². The number of ether oxygens (including phenoxy) is 4. The molecule has 33 heavy (non-hydrogen) atoms. The third kappa shape index (κ3) is 6.19. The van der Waals surface area contributed by atoms with Crippen LogP contribution in [-0.2, 0) is 9.59 Å². The van der Waals surface area contributed by atoms with Gasteiger partial charge in [-0.3, -0.25) is 19.3 Å². The van der Waals surface area contributed by atoms with Crippen molar-refractivity contribution in [3.05, 3.63) is 52.9 Å². The van der Waals surface area contributed by atoms with Crippen LogP contribution in [-0.4, -0.2) is 55.4 Å². The molecule has 0 unspecified atom stereocenters. The highest BCUT2D eigenvalue weighted by atomic mass is 32.2. The van der Waals surface area contributed by atoms with Crippen LogP contribution in [0.4, 0.5) is 4.79 Å². The average Bonchev–Trinajstić information content (AvgIpc) is 3.06.